The minimum atomic E-state index is 0.259. The Bertz CT molecular complexity index is 670. The normalized spacial score (nSPS) is 15.4. The van der Waals surface area contributed by atoms with Crippen molar-refractivity contribution in [2.24, 2.45) is 9.98 Å². The molecule has 0 radical (unpaired) electrons. The second kappa shape index (κ2) is 5.33. The lowest BCUT2D eigenvalue weighted by Gasteiger charge is -2.09. The van der Waals surface area contributed by atoms with Crippen LogP contribution in [0.4, 0.5) is 0 Å². The molecular weight excluding hydrogens is 252 g/mol. The van der Waals surface area contributed by atoms with Gasteiger partial charge in [-0.2, -0.15) is 0 Å². The van der Waals surface area contributed by atoms with Crippen LogP contribution in [0.15, 0.2) is 51.0 Å². The van der Waals surface area contributed by atoms with Crippen molar-refractivity contribution in [3.8, 4) is 5.75 Å². The van der Waals surface area contributed by atoms with Crippen LogP contribution in [0.1, 0.15) is 23.3 Å². The van der Waals surface area contributed by atoms with Crippen molar-refractivity contribution in [3.63, 3.8) is 0 Å². The first-order chi connectivity index (χ1) is 9.74. The highest BCUT2D eigenvalue weighted by atomic mass is 16.3. The van der Waals surface area contributed by atoms with Gasteiger partial charge in [0.05, 0.1) is 30.8 Å². The van der Waals surface area contributed by atoms with Crippen molar-refractivity contribution in [1.82, 2.24) is 0 Å². The zero-order valence-electron chi connectivity index (χ0n) is 11.3. The van der Waals surface area contributed by atoms with Crippen LogP contribution in [-0.4, -0.2) is 29.6 Å². The lowest BCUT2D eigenvalue weighted by atomic mass is 10.0. The van der Waals surface area contributed by atoms with Crippen molar-refractivity contribution >= 4 is 11.4 Å². The molecule has 3 rings (SSSR count). The van der Waals surface area contributed by atoms with Gasteiger partial charge in [-0.1, -0.05) is 11.6 Å². The molecule has 1 aromatic heterocycles. The fourth-order valence-electron chi connectivity index (χ4n) is 2.31. The third kappa shape index (κ3) is 2.50. The molecule has 1 aromatic carbocycles. The van der Waals surface area contributed by atoms with E-state index in [-0.39, 0.29) is 5.75 Å². The van der Waals surface area contributed by atoms with Gasteiger partial charge in [-0.15, -0.1) is 0 Å². The smallest absolute Gasteiger partial charge is 0.148 e. The van der Waals surface area contributed by atoms with E-state index in [0.29, 0.717) is 19.5 Å². The van der Waals surface area contributed by atoms with E-state index in [1.807, 2.05) is 31.2 Å². The summed E-state index contributed by atoms with van der Waals surface area (Å²) in [6.07, 6.45) is 2.22. The van der Waals surface area contributed by atoms with E-state index in [1.165, 1.54) is 0 Å². The van der Waals surface area contributed by atoms with Gasteiger partial charge in [-0.25, -0.2) is 0 Å². The van der Waals surface area contributed by atoms with Crippen molar-refractivity contribution in [3.05, 3.63) is 53.5 Å². The zero-order valence-corrected chi connectivity index (χ0v) is 11.3. The van der Waals surface area contributed by atoms with E-state index >= 15 is 0 Å². The summed E-state index contributed by atoms with van der Waals surface area (Å²) in [6.45, 7) is 3.28. The van der Waals surface area contributed by atoms with E-state index in [9.17, 15) is 5.11 Å². The predicted molar refractivity (Wildman–Crippen MR) is 79.0 cm³/mol. The van der Waals surface area contributed by atoms with Crippen LogP contribution in [0.25, 0.3) is 0 Å². The summed E-state index contributed by atoms with van der Waals surface area (Å²) in [6, 6.07) is 9.31. The maximum atomic E-state index is 10.1. The summed E-state index contributed by atoms with van der Waals surface area (Å²) in [7, 11) is 0. The van der Waals surface area contributed by atoms with Crippen LogP contribution in [0.5, 0.6) is 5.75 Å². The van der Waals surface area contributed by atoms with E-state index in [1.54, 1.807) is 12.3 Å². The Morgan fingerprint density at radius 3 is 2.65 bits per heavy atom. The maximum absolute atomic E-state index is 10.1. The third-order valence-corrected chi connectivity index (χ3v) is 3.31. The molecule has 0 aliphatic carbocycles. The highest BCUT2D eigenvalue weighted by molar-refractivity contribution is 6.18. The monoisotopic (exact) mass is 268 g/mol. The van der Waals surface area contributed by atoms with Gasteiger partial charge in [0.1, 0.15) is 11.5 Å². The number of benzene rings is 1. The molecule has 1 aliphatic heterocycles. The van der Waals surface area contributed by atoms with Gasteiger partial charge in [0.2, 0.25) is 0 Å². The lowest BCUT2D eigenvalue weighted by molar-refractivity contribution is 0.474. The first kappa shape index (κ1) is 12.7. The number of hydrogen-bond donors (Lipinski definition) is 1. The highest BCUT2D eigenvalue weighted by Crippen LogP contribution is 2.22. The van der Waals surface area contributed by atoms with Crippen LogP contribution in [-0.2, 0) is 0 Å². The molecule has 4 nitrogen and oxygen atoms in total. The average molecular weight is 268 g/mol. The van der Waals surface area contributed by atoms with E-state index < -0.39 is 0 Å². The van der Waals surface area contributed by atoms with Crippen LogP contribution in [0.2, 0.25) is 0 Å². The minimum Gasteiger partial charge on any atom is -0.507 e. The van der Waals surface area contributed by atoms with E-state index in [0.717, 1.165) is 28.3 Å². The molecule has 1 N–H and O–H groups in total. The Kier molecular flexibility index (Phi) is 3.37. The van der Waals surface area contributed by atoms with Gasteiger partial charge in [0.15, 0.2) is 0 Å². The van der Waals surface area contributed by atoms with Gasteiger partial charge in [0, 0.05) is 12.0 Å². The van der Waals surface area contributed by atoms with Crippen molar-refractivity contribution in [1.29, 1.82) is 0 Å². The third-order valence-electron chi connectivity index (χ3n) is 3.31. The number of aliphatic imine (C=N–C) groups is 2. The molecule has 2 aromatic rings. The number of hydrogen-bond acceptors (Lipinski definition) is 4. The molecule has 1 aliphatic rings. The second-order valence-corrected chi connectivity index (χ2v) is 4.83. The molecule has 2 heterocycles. The Labute approximate surface area is 117 Å². The SMILES string of the molecule is Cc1ccc(O)c(C2=NCCN=C(c3ccco3)C2)c1. The number of aryl methyl sites for hydroxylation is 1. The van der Waals surface area contributed by atoms with Crippen LogP contribution in [0, 0.1) is 6.92 Å². The summed E-state index contributed by atoms with van der Waals surface area (Å²) < 4.78 is 5.42. The first-order valence-electron chi connectivity index (χ1n) is 6.64. The summed E-state index contributed by atoms with van der Waals surface area (Å²) in [5.74, 6) is 1.03. The maximum Gasteiger partial charge on any atom is 0.148 e. The Morgan fingerprint density at radius 1 is 1.10 bits per heavy atom. The standard InChI is InChI=1S/C16H16N2O2/c1-11-4-5-15(19)12(9-11)13-10-14(18-7-6-17-13)16-3-2-8-20-16/h2-5,8-9,19H,6-7,10H2,1H3. The van der Waals surface area contributed by atoms with Gasteiger partial charge in [0.25, 0.3) is 0 Å². The second-order valence-electron chi connectivity index (χ2n) is 4.83. The number of rotatable bonds is 2. The van der Waals surface area contributed by atoms with Crippen molar-refractivity contribution in [2.75, 3.05) is 13.1 Å². The molecule has 0 fully saturated rings. The molecular formula is C16H16N2O2. The average Bonchev–Trinajstić information content (AvgIpc) is 2.87. The quantitative estimate of drug-likeness (QED) is 0.910. The Morgan fingerprint density at radius 2 is 1.90 bits per heavy atom. The molecule has 4 heteroatoms. The molecule has 0 bridgehead atoms. The minimum absolute atomic E-state index is 0.259. The van der Waals surface area contributed by atoms with Crippen molar-refractivity contribution in [2.45, 2.75) is 13.3 Å². The number of nitrogens with zero attached hydrogens (tertiary/aromatic N) is 2. The first-order valence-corrected chi connectivity index (χ1v) is 6.64. The molecule has 20 heavy (non-hydrogen) atoms. The molecule has 0 unspecified atom stereocenters. The van der Waals surface area contributed by atoms with Gasteiger partial charge in [-0.05, 0) is 31.2 Å². The molecule has 0 atom stereocenters. The summed E-state index contributed by atoms with van der Waals surface area (Å²) >= 11 is 0. The van der Waals surface area contributed by atoms with E-state index in [4.69, 9.17) is 4.42 Å². The van der Waals surface area contributed by atoms with E-state index in [2.05, 4.69) is 9.98 Å². The highest BCUT2D eigenvalue weighted by Gasteiger charge is 2.17. The van der Waals surface area contributed by atoms with Gasteiger partial charge in [-0.3, -0.25) is 9.98 Å². The zero-order chi connectivity index (χ0) is 13.9. The molecule has 0 amide bonds. The number of aromatic hydroxyl groups is 1. The largest absolute Gasteiger partial charge is 0.507 e. The molecule has 0 spiro atoms. The topological polar surface area (TPSA) is 58.1 Å². The van der Waals surface area contributed by atoms with Gasteiger partial charge >= 0.3 is 0 Å². The Hall–Kier alpha value is -2.36. The predicted octanol–water partition coefficient (Wildman–Crippen LogP) is 2.98. The summed E-state index contributed by atoms with van der Waals surface area (Å²) in [5.41, 5.74) is 3.62. The van der Waals surface area contributed by atoms with Crippen LogP contribution < -0.4 is 0 Å². The number of phenols is 1. The van der Waals surface area contributed by atoms with Crippen molar-refractivity contribution < 1.29 is 9.52 Å². The fourth-order valence-corrected chi connectivity index (χ4v) is 2.31. The fraction of sp³-hybridized carbons (Fsp3) is 0.250. The Balaban J connectivity index is 1.96. The summed E-state index contributed by atoms with van der Waals surface area (Å²) in [4.78, 5) is 9.08. The number of phenolic OH excluding ortho intramolecular Hbond substituents is 1. The van der Waals surface area contributed by atoms with Gasteiger partial charge < -0.3 is 9.52 Å². The molecule has 102 valence electrons. The lowest BCUT2D eigenvalue weighted by Crippen LogP contribution is -2.09. The summed E-state index contributed by atoms with van der Waals surface area (Å²) in [5, 5.41) is 10.1. The van der Waals surface area contributed by atoms with Crippen LogP contribution in [0.3, 0.4) is 0 Å². The number of furan rings is 1. The van der Waals surface area contributed by atoms with Crippen LogP contribution >= 0.6 is 0 Å². The molecule has 0 saturated carbocycles. The molecule has 0 saturated heterocycles.